The number of hydrogen-bond acceptors (Lipinski definition) is 4. The van der Waals surface area contributed by atoms with Crippen LogP contribution in [-0.2, 0) is 9.53 Å². The molecule has 1 atom stereocenters. The van der Waals surface area contributed by atoms with Crippen LogP contribution in [0, 0.1) is 0 Å². The van der Waals surface area contributed by atoms with Gasteiger partial charge in [0.05, 0.1) is 6.42 Å². The van der Waals surface area contributed by atoms with Crippen molar-refractivity contribution in [3.05, 3.63) is 59.7 Å². The van der Waals surface area contributed by atoms with Gasteiger partial charge >= 0.3 is 12.1 Å². The van der Waals surface area contributed by atoms with Crippen molar-refractivity contribution in [3.63, 3.8) is 0 Å². The average Bonchev–Trinajstić information content (AvgIpc) is 2.98. The van der Waals surface area contributed by atoms with Gasteiger partial charge in [-0.05, 0) is 41.6 Å². The Hall–Kier alpha value is -2.86. The molecule has 0 spiro atoms. The minimum atomic E-state index is -0.962. The van der Waals surface area contributed by atoms with Crippen molar-refractivity contribution >= 4 is 12.1 Å². The summed E-state index contributed by atoms with van der Waals surface area (Å²) in [7, 11) is 0. The molecule has 0 saturated carbocycles. The molecular formula is C21H24N2O4. The predicted octanol–water partition coefficient (Wildman–Crippen LogP) is 3.11. The van der Waals surface area contributed by atoms with Crippen molar-refractivity contribution in [1.29, 1.82) is 0 Å². The normalized spacial score (nSPS) is 13.5. The highest BCUT2D eigenvalue weighted by Gasteiger charge is 2.29. The lowest BCUT2D eigenvalue weighted by Gasteiger charge is -2.18. The van der Waals surface area contributed by atoms with Gasteiger partial charge in [0.1, 0.15) is 6.61 Å². The summed E-state index contributed by atoms with van der Waals surface area (Å²) in [6.45, 7) is 0.652. The maximum absolute atomic E-state index is 12.2. The zero-order valence-electron chi connectivity index (χ0n) is 15.1. The number of benzene rings is 2. The van der Waals surface area contributed by atoms with E-state index in [1.54, 1.807) is 0 Å². The number of carboxylic acids is 1. The summed E-state index contributed by atoms with van der Waals surface area (Å²) >= 11 is 0. The topological polar surface area (TPSA) is 102 Å². The van der Waals surface area contributed by atoms with Gasteiger partial charge < -0.3 is 20.9 Å². The number of amides is 1. The smallest absolute Gasteiger partial charge is 0.407 e. The summed E-state index contributed by atoms with van der Waals surface area (Å²) in [5, 5.41) is 11.7. The van der Waals surface area contributed by atoms with Crippen LogP contribution in [0.25, 0.3) is 11.1 Å². The highest BCUT2D eigenvalue weighted by molar-refractivity contribution is 5.79. The third kappa shape index (κ3) is 4.46. The van der Waals surface area contributed by atoms with Crippen LogP contribution in [0.4, 0.5) is 4.79 Å². The molecule has 0 aliphatic heterocycles. The number of rotatable bonds is 8. The first kappa shape index (κ1) is 18.9. The lowest BCUT2D eigenvalue weighted by atomic mass is 9.98. The van der Waals surface area contributed by atoms with Crippen LogP contribution in [0.3, 0.4) is 0 Å². The van der Waals surface area contributed by atoms with E-state index in [1.807, 2.05) is 24.3 Å². The van der Waals surface area contributed by atoms with Gasteiger partial charge in [-0.2, -0.15) is 0 Å². The lowest BCUT2D eigenvalue weighted by Crippen LogP contribution is -2.37. The number of hydrogen-bond donors (Lipinski definition) is 3. The molecule has 0 fully saturated rings. The standard InChI is InChI=1S/C21H24N2O4/c22-11-5-6-14(12-20(24)25)23-21(26)27-13-19-17-9-3-1-7-15(17)16-8-2-4-10-18(16)19/h1-4,7-10,14,19H,5-6,11-13,22H2,(H,23,26)(H,24,25)/t14-/m0/s1. The van der Waals surface area contributed by atoms with E-state index in [2.05, 4.69) is 29.6 Å². The van der Waals surface area contributed by atoms with Crippen molar-refractivity contribution in [3.8, 4) is 11.1 Å². The molecule has 0 bridgehead atoms. The third-order valence-electron chi connectivity index (χ3n) is 4.84. The van der Waals surface area contributed by atoms with Crippen LogP contribution < -0.4 is 11.1 Å². The Morgan fingerprint density at radius 3 is 2.22 bits per heavy atom. The molecule has 0 heterocycles. The van der Waals surface area contributed by atoms with Gasteiger partial charge in [0.2, 0.25) is 0 Å². The predicted molar refractivity (Wildman–Crippen MR) is 103 cm³/mol. The van der Waals surface area contributed by atoms with Crippen molar-refractivity contribution in [2.75, 3.05) is 13.2 Å². The number of carbonyl (C=O) groups excluding carboxylic acids is 1. The molecule has 142 valence electrons. The first-order valence-electron chi connectivity index (χ1n) is 9.13. The molecule has 0 radical (unpaired) electrons. The van der Waals surface area contributed by atoms with Crippen LogP contribution in [0.5, 0.6) is 0 Å². The maximum Gasteiger partial charge on any atom is 0.407 e. The highest BCUT2D eigenvalue weighted by atomic mass is 16.5. The Kier molecular flexibility index (Phi) is 6.08. The first-order chi connectivity index (χ1) is 13.1. The van der Waals surface area contributed by atoms with Crippen molar-refractivity contribution in [1.82, 2.24) is 5.32 Å². The lowest BCUT2D eigenvalue weighted by molar-refractivity contribution is -0.137. The number of carbonyl (C=O) groups is 2. The van der Waals surface area contributed by atoms with E-state index in [9.17, 15) is 9.59 Å². The average molecular weight is 368 g/mol. The molecule has 3 rings (SSSR count). The Balaban J connectivity index is 1.65. The van der Waals surface area contributed by atoms with Crippen molar-refractivity contribution in [2.45, 2.75) is 31.2 Å². The number of fused-ring (bicyclic) bond motifs is 3. The molecule has 1 aliphatic rings. The minimum absolute atomic E-state index is 0.0230. The molecule has 27 heavy (non-hydrogen) atoms. The molecular weight excluding hydrogens is 344 g/mol. The Morgan fingerprint density at radius 1 is 1.07 bits per heavy atom. The largest absolute Gasteiger partial charge is 0.481 e. The zero-order valence-corrected chi connectivity index (χ0v) is 15.1. The third-order valence-corrected chi connectivity index (χ3v) is 4.84. The number of ether oxygens (including phenoxy) is 1. The number of aliphatic carboxylic acids is 1. The molecule has 2 aromatic carbocycles. The van der Waals surface area contributed by atoms with Gasteiger partial charge in [0.15, 0.2) is 0 Å². The Morgan fingerprint density at radius 2 is 1.67 bits per heavy atom. The molecule has 2 aromatic rings. The van der Waals surface area contributed by atoms with Crippen LogP contribution in [-0.4, -0.2) is 36.4 Å². The van der Waals surface area contributed by atoms with Crippen LogP contribution in [0.15, 0.2) is 48.5 Å². The van der Waals surface area contributed by atoms with E-state index in [1.165, 1.54) is 0 Å². The summed E-state index contributed by atoms with van der Waals surface area (Å²) < 4.78 is 5.46. The SMILES string of the molecule is NCCC[C@@H](CC(=O)O)NC(=O)OCC1c2ccccc2-c2ccccc21. The van der Waals surface area contributed by atoms with E-state index < -0.39 is 18.1 Å². The van der Waals surface area contributed by atoms with E-state index in [0.29, 0.717) is 19.4 Å². The summed E-state index contributed by atoms with van der Waals surface area (Å²) in [5.41, 5.74) is 10.1. The molecule has 0 saturated heterocycles. The van der Waals surface area contributed by atoms with Gasteiger partial charge in [0.25, 0.3) is 0 Å². The van der Waals surface area contributed by atoms with Gasteiger partial charge in [-0.3, -0.25) is 4.79 Å². The summed E-state index contributed by atoms with van der Waals surface area (Å²) in [4.78, 5) is 23.2. The zero-order chi connectivity index (χ0) is 19.2. The van der Waals surface area contributed by atoms with Crippen LogP contribution >= 0.6 is 0 Å². The molecule has 0 unspecified atom stereocenters. The van der Waals surface area contributed by atoms with Gasteiger partial charge in [-0.25, -0.2) is 4.79 Å². The quantitative estimate of drug-likeness (QED) is 0.664. The second kappa shape index (κ2) is 8.68. The second-order valence-electron chi connectivity index (χ2n) is 6.70. The van der Waals surface area contributed by atoms with Crippen molar-refractivity contribution < 1.29 is 19.4 Å². The first-order valence-corrected chi connectivity index (χ1v) is 9.13. The number of carboxylic acid groups (broad SMARTS) is 1. The van der Waals surface area contributed by atoms with E-state index in [4.69, 9.17) is 15.6 Å². The Bertz CT molecular complexity index is 776. The molecule has 4 N–H and O–H groups in total. The van der Waals surface area contributed by atoms with Crippen LogP contribution in [0.2, 0.25) is 0 Å². The maximum atomic E-state index is 12.2. The molecule has 6 nitrogen and oxygen atoms in total. The summed E-state index contributed by atoms with van der Waals surface area (Å²) in [5.74, 6) is -0.985. The number of nitrogens with one attached hydrogen (secondary N) is 1. The molecule has 1 aliphatic carbocycles. The fourth-order valence-corrected chi connectivity index (χ4v) is 3.61. The van der Waals surface area contributed by atoms with E-state index in [0.717, 1.165) is 22.3 Å². The second-order valence-corrected chi connectivity index (χ2v) is 6.70. The van der Waals surface area contributed by atoms with Crippen LogP contribution in [0.1, 0.15) is 36.3 Å². The molecule has 6 heteroatoms. The van der Waals surface area contributed by atoms with Gasteiger partial charge in [0, 0.05) is 12.0 Å². The fourth-order valence-electron chi connectivity index (χ4n) is 3.61. The number of nitrogens with two attached hydrogens (primary N) is 1. The Labute approximate surface area is 158 Å². The highest BCUT2D eigenvalue weighted by Crippen LogP contribution is 2.44. The molecule has 1 amide bonds. The minimum Gasteiger partial charge on any atom is -0.481 e. The van der Waals surface area contributed by atoms with E-state index in [-0.39, 0.29) is 18.9 Å². The summed E-state index contributed by atoms with van der Waals surface area (Å²) in [6, 6.07) is 15.7. The molecule has 0 aromatic heterocycles. The number of alkyl carbamates (subject to hydrolysis) is 1. The fraction of sp³-hybridized carbons (Fsp3) is 0.333. The van der Waals surface area contributed by atoms with Gasteiger partial charge in [-0.1, -0.05) is 48.5 Å². The monoisotopic (exact) mass is 368 g/mol. The summed E-state index contributed by atoms with van der Waals surface area (Å²) in [6.07, 6.45) is 0.402. The van der Waals surface area contributed by atoms with Gasteiger partial charge in [-0.15, -0.1) is 0 Å². The van der Waals surface area contributed by atoms with Crippen molar-refractivity contribution in [2.24, 2.45) is 5.73 Å². The van der Waals surface area contributed by atoms with E-state index >= 15 is 0 Å².